The molecule has 0 heterocycles. The molecular formula is C11H16BrN. The molecule has 0 aliphatic heterocycles. The number of rotatable bonds is 4. The second-order valence-electron chi connectivity index (χ2n) is 3.62. The van der Waals surface area contributed by atoms with Gasteiger partial charge in [-0.25, -0.2) is 0 Å². The number of nitrogens with one attached hydrogen (secondary N) is 1. The average Bonchev–Trinajstić information content (AvgIpc) is 2.08. The van der Waals surface area contributed by atoms with Crippen molar-refractivity contribution >= 4 is 15.9 Å². The zero-order valence-corrected chi connectivity index (χ0v) is 9.76. The number of hydrogen-bond donors (Lipinski definition) is 1. The number of benzene rings is 1. The molecule has 1 aromatic carbocycles. The fraction of sp³-hybridized carbons (Fsp3) is 0.455. The van der Waals surface area contributed by atoms with E-state index < -0.39 is 0 Å². The Hall–Kier alpha value is -0.340. The van der Waals surface area contributed by atoms with Crippen molar-refractivity contribution in [1.82, 2.24) is 5.32 Å². The summed E-state index contributed by atoms with van der Waals surface area (Å²) in [7, 11) is 0. The van der Waals surface area contributed by atoms with E-state index in [-0.39, 0.29) is 0 Å². The third kappa shape index (κ3) is 3.92. The van der Waals surface area contributed by atoms with Gasteiger partial charge >= 0.3 is 0 Å². The molecule has 0 aromatic heterocycles. The van der Waals surface area contributed by atoms with Crippen molar-refractivity contribution in [3.63, 3.8) is 0 Å². The highest BCUT2D eigenvalue weighted by Crippen LogP contribution is 2.15. The van der Waals surface area contributed by atoms with Crippen molar-refractivity contribution in [2.75, 3.05) is 6.54 Å². The van der Waals surface area contributed by atoms with E-state index in [1.54, 1.807) is 0 Å². The molecule has 1 nitrogen and oxygen atoms in total. The van der Waals surface area contributed by atoms with Gasteiger partial charge in [-0.15, -0.1) is 0 Å². The monoisotopic (exact) mass is 241 g/mol. The molecule has 1 rings (SSSR count). The molecule has 0 saturated carbocycles. The van der Waals surface area contributed by atoms with Crippen LogP contribution in [0.2, 0.25) is 0 Å². The Morgan fingerprint density at radius 3 is 2.62 bits per heavy atom. The molecule has 0 aliphatic carbocycles. The van der Waals surface area contributed by atoms with E-state index in [2.05, 4.69) is 53.3 Å². The SMILES string of the molecule is CC(C)CNCc1ccccc1Br. The third-order valence-electron chi connectivity index (χ3n) is 1.83. The summed E-state index contributed by atoms with van der Waals surface area (Å²) < 4.78 is 1.19. The topological polar surface area (TPSA) is 12.0 Å². The molecule has 0 atom stereocenters. The first kappa shape index (κ1) is 10.7. The van der Waals surface area contributed by atoms with Crippen LogP contribution in [0.3, 0.4) is 0 Å². The lowest BCUT2D eigenvalue weighted by Gasteiger charge is -2.08. The Balaban J connectivity index is 2.41. The van der Waals surface area contributed by atoms with Crippen LogP contribution in [0.4, 0.5) is 0 Å². The van der Waals surface area contributed by atoms with Crippen LogP contribution in [0.1, 0.15) is 19.4 Å². The molecule has 0 saturated heterocycles. The summed E-state index contributed by atoms with van der Waals surface area (Å²) >= 11 is 3.52. The van der Waals surface area contributed by atoms with Crippen molar-refractivity contribution in [3.05, 3.63) is 34.3 Å². The van der Waals surface area contributed by atoms with Crippen LogP contribution >= 0.6 is 15.9 Å². The van der Waals surface area contributed by atoms with Gasteiger partial charge in [-0.2, -0.15) is 0 Å². The summed E-state index contributed by atoms with van der Waals surface area (Å²) in [5.74, 6) is 0.711. The second kappa shape index (κ2) is 5.40. The Kier molecular flexibility index (Phi) is 4.46. The highest BCUT2D eigenvalue weighted by atomic mass is 79.9. The first-order valence-corrected chi connectivity index (χ1v) is 5.43. The van der Waals surface area contributed by atoms with E-state index in [9.17, 15) is 0 Å². The molecular weight excluding hydrogens is 226 g/mol. The highest BCUT2D eigenvalue weighted by Gasteiger charge is 1.98. The van der Waals surface area contributed by atoms with Gasteiger partial charge in [-0.1, -0.05) is 48.0 Å². The van der Waals surface area contributed by atoms with Crippen molar-refractivity contribution in [2.45, 2.75) is 20.4 Å². The quantitative estimate of drug-likeness (QED) is 0.854. The molecule has 0 unspecified atom stereocenters. The maximum absolute atomic E-state index is 3.52. The summed E-state index contributed by atoms with van der Waals surface area (Å²) in [6.45, 7) is 6.45. The lowest BCUT2D eigenvalue weighted by atomic mass is 10.2. The summed E-state index contributed by atoms with van der Waals surface area (Å²) in [6.07, 6.45) is 0. The molecule has 0 aliphatic rings. The summed E-state index contributed by atoms with van der Waals surface area (Å²) in [6, 6.07) is 8.32. The van der Waals surface area contributed by atoms with E-state index in [1.165, 1.54) is 10.0 Å². The Morgan fingerprint density at radius 2 is 2.00 bits per heavy atom. The number of halogens is 1. The van der Waals surface area contributed by atoms with Crippen molar-refractivity contribution in [1.29, 1.82) is 0 Å². The first-order chi connectivity index (χ1) is 6.20. The van der Waals surface area contributed by atoms with Gasteiger partial charge in [0.25, 0.3) is 0 Å². The molecule has 0 fully saturated rings. The smallest absolute Gasteiger partial charge is 0.0220 e. The van der Waals surface area contributed by atoms with E-state index >= 15 is 0 Å². The Labute approximate surface area is 88.7 Å². The molecule has 72 valence electrons. The summed E-state index contributed by atoms with van der Waals surface area (Å²) in [4.78, 5) is 0. The highest BCUT2D eigenvalue weighted by molar-refractivity contribution is 9.10. The van der Waals surface area contributed by atoms with Gasteiger partial charge in [0.15, 0.2) is 0 Å². The van der Waals surface area contributed by atoms with Crippen LogP contribution in [-0.4, -0.2) is 6.54 Å². The van der Waals surface area contributed by atoms with E-state index in [4.69, 9.17) is 0 Å². The van der Waals surface area contributed by atoms with E-state index in [1.807, 2.05) is 6.07 Å². The summed E-state index contributed by atoms with van der Waals surface area (Å²) in [5.41, 5.74) is 1.32. The number of hydrogen-bond acceptors (Lipinski definition) is 1. The standard InChI is InChI=1S/C11H16BrN/c1-9(2)7-13-8-10-5-3-4-6-11(10)12/h3-6,9,13H,7-8H2,1-2H3. The normalized spacial score (nSPS) is 10.8. The predicted molar refractivity (Wildman–Crippen MR) is 60.7 cm³/mol. The van der Waals surface area contributed by atoms with Gasteiger partial charge < -0.3 is 5.32 Å². The molecule has 0 amide bonds. The second-order valence-corrected chi connectivity index (χ2v) is 4.47. The minimum atomic E-state index is 0.711. The fourth-order valence-electron chi connectivity index (χ4n) is 1.14. The minimum Gasteiger partial charge on any atom is -0.312 e. The molecule has 0 bridgehead atoms. The zero-order valence-electron chi connectivity index (χ0n) is 8.18. The van der Waals surface area contributed by atoms with Crippen LogP contribution < -0.4 is 5.32 Å². The maximum Gasteiger partial charge on any atom is 0.0220 e. The molecule has 0 radical (unpaired) electrons. The van der Waals surface area contributed by atoms with Crippen LogP contribution in [0.5, 0.6) is 0 Å². The van der Waals surface area contributed by atoms with Crippen LogP contribution in [0.25, 0.3) is 0 Å². The summed E-state index contributed by atoms with van der Waals surface area (Å²) in [5, 5.41) is 3.41. The van der Waals surface area contributed by atoms with Crippen LogP contribution in [-0.2, 0) is 6.54 Å². The Bertz CT molecular complexity index is 258. The van der Waals surface area contributed by atoms with Gasteiger partial charge in [-0.3, -0.25) is 0 Å². The molecule has 13 heavy (non-hydrogen) atoms. The van der Waals surface area contributed by atoms with Gasteiger partial charge in [0.05, 0.1) is 0 Å². The largest absolute Gasteiger partial charge is 0.312 e. The van der Waals surface area contributed by atoms with Crippen molar-refractivity contribution in [2.24, 2.45) is 5.92 Å². The zero-order chi connectivity index (χ0) is 9.68. The van der Waals surface area contributed by atoms with Gasteiger partial charge in [0, 0.05) is 11.0 Å². The van der Waals surface area contributed by atoms with E-state index in [0.29, 0.717) is 5.92 Å². The Morgan fingerprint density at radius 1 is 1.31 bits per heavy atom. The van der Waals surface area contributed by atoms with Gasteiger partial charge in [0.2, 0.25) is 0 Å². The van der Waals surface area contributed by atoms with Crippen molar-refractivity contribution < 1.29 is 0 Å². The molecule has 1 aromatic rings. The first-order valence-electron chi connectivity index (χ1n) is 4.64. The maximum atomic E-state index is 3.52. The molecule has 1 N–H and O–H groups in total. The fourth-order valence-corrected chi connectivity index (χ4v) is 1.56. The lowest BCUT2D eigenvalue weighted by molar-refractivity contribution is 0.552. The van der Waals surface area contributed by atoms with Gasteiger partial charge in [0.1, 0.15) is 0 Å². The minimum absolute atomic E-state index is 0.711. The molecule has 0 spiro atoms. The van der Waals surface area contributed by atoms with Crippen LogP contribution in [0, 0.1) is 5.92 Å². The van der Waals surface area contributed by atoms with Gasteiger partial charge in [-0.05, 0) is 24.1 Å². The van der Waals surface area contributed by atoms with E-state index in [0.717, 1.165) is 13.1 Å². The third-order valence-corrected chi connectivity index (χ3v) is 2.60. The molecule has 2 heteroatoms. The van der Waals surface area contributed by atoms with Crippen LogP contribution in [0.15, 0.2) is 28.7 Å². The predicted octanol–water partition coefficient (Wildman–Crippen LogP) is 3.19. The van der Waals surface area contributed by atoms with Crippen molar-refractivity contribution in [3.8, 4) is 0 Å². The lowest BCUT2D eigenvalue weighted by Crippen LogP contribution is -2.19. The average molecular weight is 242 g/mol.